The molecule has 8 heteroatoms. The molecule has 2 heterocycles. The zero-order valence-electron chi connectivity index (χ0n) is 12.1. The van der Waals surface area contributed by atoms with Crippen LogP contribution in [0, 0.1) is 17.3 Å². The lowest BCUT2D eigenvalue weighted by molar-refractivity contribution is 0.105. The van der Waals surface area contributed by atoms with E-state index in [1.165, 1.54) is 0 Å². The third-order valence-electron chi connectivity index (χ3n) is 4.92. The molecule has 1 saturated carbocycles. The topological polar surface area (TPSA) is 103 Å². The van der Waals surface area contributed by atoms with Crippen LogP contribution < -0.4 is 5.73 Å². The van der Waals surface area contributed by atoms with Gasteiger partial charge in [0.15, 0.2) is 16.3 Å². The van der Waals surface area contributed by atoms with Gasteiger partial charge in [-0.05, 0) is 30.1 Å². The first-order valence-electron chi connectivity index (χ1n) is 7.06. The Hall–Kier alpha value is -1.47. The van der Waals surface area contributed by atoms with Crippen LogP contribution in [0.2, 0.25) is 5.15 Å². The van der Waals surface area contributed by atoms with Crippen LogP contribution in [-0.2, 0) is 6.54 Å². The second kappa shape index (κ2) is 5.06. The van der Waals surface area contributed by atoms with Gasteiger partial charge in [0.25, 0.3) is 0 Å². The summed E-state index contributed by atoms with van der Waals surface area (Å²) in [5.74, 6) is 0.838. The van der Waals surface area contributed by atoms with E-state index in [1.807, 2.05) is 0 Å². The Morgan fingerprint density at radius 3 is 2.71 bits per heavy atom. The molecule has 1 aliphatic carbocycles. The highest BCUT2D eigenvalue weighted by Crippen LogP contribution is 2.47. The number of rotatable bonds is 3. The van der Waals surface area contributed by atoms with Gasteiger partial charge in [-0.2, -0.15) is 9.97 Å². The van der Waals surface area contributed by atoms with Crippen LogP contribution in [0.15, 0.2) is 0 Å². The van der Waals surface area contributed by atoms with Gasteiger partial charge in [0.05, 0.1) is 0 Å². The molecule has 114 valence electrons. The van der Waals surface area contributed by atoms with Gasteiger partial charge >= 0.3 is 0 Å². The highest BCUT2D eigenvalue weighted by Gasteiger charge is 2.42. The molecule has 2 atom stereocenters. The molecule has 1 fully saturated rings. The van der Waals surface area contributed by atoms with Crippen molar-refractivity contribution >= 4 is 28.7 Å². The van der Waals surface area contributed by atoms with Crippen molar-refractivity contribution in [3.63, 3.8) is 0 Å². The van der Waals surface area contributed by atoms with Gasteiger partial charge in [-0.15, -0.1) is 5.10 Å². The Bertz CT molecular complexity index is 670. The molecule has 3 rings (SSSR count). The van der Waals surface area contributed by atoms with Crippen molar-refractivity contribution in [1.82, 2.24) is 25.0 Å². The number of nitrogen functional groups attached to an aromatic ring is 1. The number of hydrogen-bond donors (Lipinski definition) is 2. The van der Waals surface area contributed by atoms with Crippen LogP contribution in [0.3, 0.4) is 0 Å². The van der Waals surface area contributed by atoms with Crippen LogP contribution in [0.5, 0.6) is 0 Å². The van der Waals surface area contributed by atoms with Crippen molar-refractivity contribution in [2.24, 2.45) is 17.3 Å². The van der Waals surface area contributed by atoms with E-state index in [1.54, 1.807) is 4.68 Å². The van der Waals surface area contributed by atoms with Crippen molar-refractivity contribution in [2.75, 3.05) is 12.3 Å². The van der Waals surface area contributed by atoms with Crippen LogP contribution in [0.4, 0.5) is 5.95 Å². The maximum Gasteiger partial charge on any atom is 0.223 e. The summed E-state index contributed by atoms with van der Waals surface area (Å²) in [7, 11) is 0. The fraction of sp³-hybridized carbons (Fsp3) is 0.692. The normalized spacial score (nSPS) is 24.8. The molecule has 0 aliphatic heterocycles. The molecule has 2 aromatic heterocycles. The molecule has 0 unspecified atom stereocenters. The fourth-order valence-corrected chi connectivity index (χ4v) is 3.51. The average molecular weight is 311 g/mol. The van der Waals surface area contributed by atoms with E-state index in [2.05, 4.69) is 34.1 Å². The minimum Gasteiger partial charge on any atom is -0.396 e. The van der Waals surface area contributed by atoms with Gasteiger partial charge in [-0.1, -0.05) is 30.7 Å². The summed E-state index contributed by atoms with van der Waals surface area (Å²) in [6, 6.07) is 0. The minimum absolute atomic E-state index is 0.0510. The number of nitrogens with zero attached hydrogens (tertiary/aromatic N) is 5. The maximum absolute atomic E-state index is 9.50. The fourth-order valence-electron chi connectivity index (χ4n) is 3.30. The van der Waals surface area contributed by atoms with Crippen molar-refractivity contribution in [2.45, 2.75) is 33.2 Å². The quantitative estimate of drug-likeness (QED) is 0.833. The van der Waals surface area contributed by atoms with E-state index in [0.29, 0.717) is 29.5 Å². The molecular formula is C13H19ClN6O. The van der Waals surface area contributed by atoms with E-state index in [9.17, 15) is 5.11 Å². The largest absolute Gasteiger partial charge is 0.396 e. The van der Waals surface area contributed by atoms with E-state index >= 15 is 0 Å². The molecule has 3 N–H and O–H groups in total. The third-order valence-corrected chi connectivity index (χ3v) is 5.18. The molecule has 0 saturated heterocycles. The predicted octanol–water partition coefficient (Wildman–Crippen LogP) is 1.50. The molecule has 0 bridgehead atoms. The molecule has 2 aromatic rings. The summed E-state index contributed by atoms with van der Waals surface area (Å²) in [5.41, 5.74) is 6.74. The van der Waals surface area contributed by atoms with Crippen LogP contribution in [0.25, 0.3) is 11.2 Å². The molecule has 0 radical (unpaired) electrons. The van der Waals surface area contributed by atoms with Crippen molar-refractivity contribution in [3.8, 4) is 0 Å². The van der Waals surface area contributed by atoms with E-state index in [-0.39, 0.29) is 23.1 Å². The number of aromatic nitrogens is 5. The lowest BCUT2D eigenvalue weighted by atomic mass is 9.76. The first kappa shape index (κ1) is 14.5. The zero-order chi connectivity index (χ0) is 15.2. The molecular weight excluding hydrogens is 292 g/mol. The molecule has 0 aromatic carbocycles. The molecule has 0 spiro atoms. The van der Waals surface area contributed by atoms with Gasteiger partial charge in [-0.3, -0.25) is 0 Å². The number of halogens is 1. The Kier molecular flexibility index (Phi) is 3.49. The number of aliphatic hydroxyl groups is 1. The molecule has 21 heavy (non-hydrogen) atoms. The molecule has 1 aliphatic rings. The smallest absolute Gasteiger partial charge is 0.223 e. The van der Waals surface area contributed by atoms with Gasteiger partial charge in [0, 0.05) is 13.2 Å². The Balaban J connectivity index is 1.93. The predicted molar refractivity (Wildman–Crippen MR) is 79.6 cm³/mol. The first-order valence-corrected chi connectivity index (χ1v) is 7.44. The SMILES string of the molecule is CC1(C)[C@H](CO)CC[C@@H]1Cn1nnc2c(Cl)nc(N)nc21. The van der Waals surface area contributed by atoms with Crippen molar-refractivity contribution in [3.05, 3.63) is 5.15 Å². The van der Waals surface area contributed by atoms with Crippen LogP contribution >= 0.6 is 11.6 Å². The average Bonchev–Trinajstić information content (AvgIpc) is 2.92. The Morgan fingerprint density at radius 1 is 1.33 bits per heavy atom. The summed E-state index contributed by atoms with van der Waals surface area (Å²) in [6.45, 7) is 5.30. The monoisotopic (exact) mass is 310 g/mol. The Labute approximate surface area is 127 Å². The number of aliphatic hydroxyl groups excluding tert-OH is 1. The van der Waals surface area contributed by atoms with Crippen LogP contribution in [-0.4, -0.2) is 36.7 Å². The molecule has 0 amide bonds. The zero-order valence-corrected chi connectivity index (χ0v) is 12.9. The number of anilines is 1. The highest BCUT2D eigenvalue weighted by atomic mass is 35.5. The second-order valence-electron chi connectivity index (χ2n) is 6.29. The minimum atomic E-state index is 0.0510. The number of fused-ring (bicyclic) bond motifs is 1. The Morgan fingerprint density at radius 2 is 2.05 bits per heavy atom. The first-order chi connectivity index (χ1) is 9.93. The lowest BCUT2D eigenvalue weighted by Crippen LogP contribution is -2.30. The summed E-state index contributed by atoms with van der Waals surface area (Å²) < 4.78 is 1.74. The summed E-state index contributed by atoms with van der Waals surface area (Å²) in [6.07, 6.45) is 2.08. The highest BCUT2D eigenvalue weighted by molar-refractivity contribution is 6.33. The molecule has 7 nitrogen and oxygen atoms in total. The van der Waals surface area contributed by atoms with Crippen LogP contribution in [0.1, 0.15) is 26.7 Å². The maximum atomic E-state index is 9.50. The summed E-state index contributed by atoms with van der Waals surface area (Å²) >= 11 is 6.01. The van der Waals surface area contributed by atoms with Gasteiger partial charge in [-0.25, -0.2) is 4.68 Å². The van der Waals surface area contributed by atoms with Gasteiger partial charge in [0.1, 0.15) is 0 Å². The second-order valence-corrected chi connectivity index (χ2v) is 6.65. The summed E-state index contributed by atoms with van der Waals surface area (Å²) in [4.78, 5) is 8.08. The number of nitrogens with two attached hydrogens (primary N) is 1. The van der Waals surface area contributed by atoms with Gasteiger partial charge < -0.3 is 10.8 Å². The lowest BCUT2D eigenvalue weighted by Gasteiger charge is -2.32. The standard InChI is InChI=1S/C13H19ClN6O/c1-13(2)7(3-4-8(13)6-21)5-20-11-9(18-19-20)10(14)16-12(15)17-11/h7-8,21H,3-6H2,1-2H3,(H2,15,16,17)/t7-,8+/m1/s1. The summed E-state index contributed by atoms with van der Waals surface area (Å²) in [5, 5.41) is 17.9. The van der Waals surface area contributed by atoms with E-state index in [4.69, 9.17) is 17.3 Å². The van der Waals surface area contributed by atoms with Crippen molar-refractivity contribution < 1.29 is 5.11 Å². The van der Waals surface area contributed by atoms with Crippen molar-refractivity contribution in [1.29, 1.82) is 0 Å². The third kappa shape index (κ3) is 2.34. The van der Waals surface area contributed by atoms with E-state index in [0.717, 1.165) is 12.8 Å². The number of hydrogen-bond acceptors (Lipinski definition) is 6. The van der Waals surface area contributed by atoms with Gasteiger partial charge in [0.2, 0.25) is 5.95 Å². The van der Waals surface area contributed by atoms with E-state index < -0.39 is 0 Å².